The molecule has 0 spiro atoms. The first-order valence-electron chi connectivity index (χ1n) is 3.96. The summed E-state index contributed by atoms with van der Waals surface area (Å²) in [6, 6.07) is 1.77. The molecule has 2 aromatic rings. The highest BCUT2D eigenvalue weighted by Gasteiger charge is 2.03. The standard InChI is InChI=1S/C8H10N4O/c1-12-7-6(4-10-12)2-5(3-9)8(13)11-7/h2,4H,3,9H2,1H3,(H,11,13). The van der Waals surface area contributed by atoms with Crippen molar-refractivity contribution in [1.29, 1.82) is 0 Å². The van der Waals surface area contributed by atoms with Crippen LogP contribution in [0.1, 0.15) is 5.56 Å². The van der Waals surface area contributed by atoms with Crippen LogP contribution in [0.5, 0.6) is 0 Å². The second kappa shape index (κ2) is 2.70. The van der Waals surface area contributed by atoms with Crippen LogP contribution in [0.25, 0.3) is 11.0 Å². The third-order valence-electron chi connectivity index (χ3n) is 2.04. The van der Waals surface area contributed by atoms with Crippen LogP contribution in [-0.2, 0) is 13.6 Å². The van der Waals surface area contributed by atoms with Gasteiger partial charge < -0.3 is 10.7 Å². The molecular formula is C8H10N4O. The van der Waals surface area contributed by atoms with E-state index in [0.29, 0.717) is 5.56 Å². The molecule has 2 heterocycles. The summed E-state index contributed by atoms with van der Waals surface area (Å²) in [6.45, 7) is 0.250. The van der Waals surface area contributed by atoms with Crippen molar-refractivity contribution in [3.8, 4) is 0 Å². The summed E-state index contributed by atoms with van der Waals surface area (Å²) in [4.78, 5) is 14.1. The van der Waals surface area contributed by atoms with Crippen molar-refractivity contribution in [3.63, 3.8) is 0 Å². The summed E-state index contributed by atoms with van der Waals surface area (Å²) in [7, 11) is 1.78. The maximum atomic E-state index is 11.3. The minimum Gasteiger partial charge on any atom is -0.326 e. The molecule has 68 valence electrons. The fraction of sp³-hybridized carbons (Fsp3) is 0.250. The van der Waals surface area contributed by atoms with E-state index in [1.54, 1.807) is 24.0 Å². The van der Waals surface area contributed by atoms with E-state index in [2.05, 4.69) is 10.1 Å². The average Bonchev–Trinajstić information content (AvgIpc) is 2.47. The van der Waals surface area contributed by atoms with Gasteiger partial charge in [0.2, 0.25) is 0 Å². The number of aromatic amines is 1. The van der Waals surface area contributed by atoms with Gasteiger partial charge in [0.25, 0.3) is 5.56 Å². The number of fused-ring (bicyclic) bond motifs is 1. The van der Waals surface area contributed by atoms with E-state index in [-0.39, 0.29) is 12.1 Å². The molecule has 0 saturated heterocycles. The Labute approximate surface area is 74.2 Å². The van der Waals surface area contributed by atoms with Crippen LogP contribution in [0.4, 0.5) is 0 Å². The largest absolute Gasteiger partial charge is 0.326 e. The molecule has 3 N–H and O–H groups in total. The number of aryl methyl sites for hydroxylation is 1. The fourth-order valence-electron chi connectivity index (χ4n) is 1.31. The minimum atomic E-state index is -0.140. The van der Waals surface area contributed by atoms with Crippen molar-refractivity contribution in [1.82, 2.24) is 14.8 Å². The lowest BCUT2D eigenvalue weighted by molar-refractivity contribution is 0.784. The predicted octanol–water partition coefficient (Wildman–Crippen LogP) is -0.280. The zero-order chi connectivity index (χ0) is 9.42. The van der Waals surface area contributed by atoms with Gasteiger partial charge in [0.15, 0.2) is 0 Å². The number of nitrogens with zero attached hydrogens (tertiary/aromatic N) is 2. The zero-order valence-corrected chi connectivity index (χ0v) is 7.24. The van der Waals surface area contributed by atoms with Crippen molar-refractivity contribution in [3.05, 3.63) is 28.2 Å². The zero-order valence-electron chi connectivity index (χ0n) is 7.24. The normalized spacial score (nSPS) is 10.9. The van der Waals surface area contributed by atoms with Gasteiger partial charge in [-0.05, 0) is 6.07 Å². The van der Waals surface area contributed by atoms with E-state index >= 15 is 0 Å². The minimum absolute atomic E-state index is 0.140. The Kier molecular flexibility index (Phi) is 1.66. The van der Waals surface area contributed by atoms with Gasteiger partial charge in [-0.25, -0.2) is 0 Å². The van der Waals surface area contributed by atoms with E-state index in [1.807, 2.05) is 0 Å². The van der Waals surface area contributed by atoms with Crippen molar-refractivity contribution < 1.29 is 0 Å². The van der Waals surface area contributed by atoms with Gasteiger partial charge in [0.1, 0.15) is 5.65 Å². The summed E-state index contributed by atoms with van der Waals surface area (Å²) in [5, 5.41) is 4.92. The van der Waals surface area contributed by atoms with Gasteiger partial charge in [0.05, 0.1) is 6.20 Å². The van der Waals surface area contributed by atoms with Crippen LogP contribution in [0.2, 0.25) is 0 Å². The SMILES string of the molecule is Cn1ncc2cc(CN)c(=O)[nH]c21. The monoisotopic (exact) mass is 178 g/mol. The highest BCUT2D eigenvalue weighted by Crippen LogP contribution is 2.08. The Morgan fingerprint density at radius 3 is 3.15 bits per heavy atom. The van der Waals surface area contributed by atoms with E-state index in [4.69, 9.17) is 5.73 Å². The molecule has 5 nitrogen and oxygen atoms in total. The number of hydrogen-bond donors (Lipinski definition) is 2. The lowest BCUT2D eigenvalue weighted by Crippen LogP contribution is -2.16. The molecule has 0 atom stereocenters. The summed E-state index contributed by atoms with van der Waals surface area (Å²) in [6.07, 6.45) is 1.70. The van der Waals surface area contributed by atoms with E-state index in [9.17, 15) is 4.79 Å². The van der Waals surface area contributed by atoms with Crippen LogP contribution >= 0.6 is 0 Å². The Hall–Kier alpha value is -1.62. The maximum absolute atomic E-state index is 11.3. The number of rotatable bonds is 1. The van der Waals surface area contributed by atoms with Gasteiger partial charge in [-0.1, -0.05) is 0 Å². The number of pyridine rings is 1. The quantitative estimate of drug-likeness (QED) is 0.630. The van der Waals surface area contributed by atoms with Crippen LogP contribution in [0.3, 0.4) is 0 Å². The molecule has 0 saturated carbocycles. The van der Waals surface area contributed by atoms with Gasteiger partial charge in [-0.3, -0.25) is 9.48 Å². The van der Waals surface area contributed by atoms with Crippen LogP contribution in [0.15, 0.2) is 17.1 Å². The van der Waals surface area contributed by atoms with Crippen molar-refractivity contribution in [2.45, 2.75) is 6.54 Å². The lowest BCUT2D eigenvalue weighted by Gasteiger charge is -1.96. The smallest absolute Gasteiger partial charge is 0.254 e. The molecule has 0 aliphatic heterocycles. The van der Waals surface area contributed by atoms with Gasteiger partial charge in [0, 0.05) is 24.5 Å². The molecule has 2 rings (SSSR count). The fourth-order valence-corrected chi connectivity index (χ4v) is 1.31. The molecule has 0 aromatic carbocycles. The van der Waals surface area contributed by atoms with Crippen molar-refractivity contribution >= 4 is 11.0 Å². The second-order valence-corrected chi connectivity index (χ2v) is 2.90. The molecule has 2 aromatic heterocycles. The molecule has 0 amide bonds. The van der Waals surface area contributed by atoms with Gasteiger partial charge in [-0.15, -0.1) is 0 Å². The number of nitrogens with one attached hydrogen (secondary N) is 1. The highest BCUT2D eigenvalue weighted by atomic mass is 16.1. The third kappa shape index (κ3) is 1.13. The molecular weight excluding hydrogens is 168 g/mol. The van der Waals surface area contributed by atoms with Crippen LogP contribution in [-0.4, -0.2) is 14.8 Å². The molecule has 13 heavy (non-hydrogen) atoms. The molecule has 0 bridgehead atoms. The maximum Gasteiger partial charge on any atom is 0.254 e. The summed E-state index contributed by atoms with van der Waals surface area (Å²) >= 11 is 0. The lowest BCUT2D eigenvalue weighted by atomic mass is 10.2. The summed E-state index contributed by atoms with van der Waals surface area (Å²) in [5.41, 5.74) is 6.57. The molecule has 0 radical (unpaired) electrons. The molecule has 0 unspecified atom stereocenters. The molecule has 0 aliphatic rings. The Bertz CT molecular complexity index is 496. The number of aromatic nitrogens is 3. The third-order valence-corrected chi connectivity index (χ3v) is 2.04. The van der Waals surface area contributed by atoms with Gasteiger partial charge >= 0.3 is 0 Å². The molecule has 5 heteroatoms. The predicted molar refractivity (Wildman–Crippen MR) is 49.2 cm³/mol. The van der Waals surface area contributed by atoms with Crippen LogP contribution in [0, 0.1) is 0 Å². The Balaban J connectivity index is 2.84. The van der Waals surface area contributed by atoms with Crippen LogP contribution < -0.4 is 11.3 Å². The first-order chi connectivity index (χ1) is 6.22. The molecule has 0 aliphatic carbocycles. The summed E-state index contributed by atoms with van der Waals surface area (Å²) < 4.78 is 1.62. The average molecular weight is 178 g/mol. The first kappa shape index (κ1) is 8.00. The number of nitrogens with two attached hydrogens (primary N) is 1. The topological polar surface area (TPSA) is 76.7 Å². The number of hydrogen-bond acceptors (Lipinski definition) is 3. The van der Waals surface area contributed by atoms with E-state index in [0.717, 1.165) is 11.0 Å². The van der Waals surface area contributed by atoms with Gasteiger partial charge in [-0.2, -0.15) is 5.10 Å². The first-order valence-corrected chi connectivity index (χ1v) is 3.96. The van der Waals surface area contributed by atoms with Crippen molar-refractivity contribution in [2.75, 3.05) is 0 Å². The summed E-state index contributed by atoms with van der Waals surface area (Å²) in [5.74, 6) is 0. The van der Waals surface area contributed by atoms with E-state index in [1.165, 1.54) is 0 Å². The van der Waals surface area contributed by atoms with E-state index < -0.39 is 0 Å². The Morgan fingerprint density at radius 2 is 2.46 bits per heavy atom. The second-order valence-electron chi connectivity index (χ2n) is 2.90. The highest BCUT2D eigenvalue weighted by molar-refractivity contribution is 5.74. The van der Waals surface area contributed by atoms with Crippen molar-refractivity contribution in [2.24, 2.45) is 12.8 Å². The molecule has 0 fully saturated rings. The number of H-pyrrole nitrogens is 1. The Morgan fingerprint density at radius 1 is 1.69 bits per heavy atom.